The first kappa shape index (κ1) is 16.8. The second kappa shape index (κ2) is 6.57. The molecule has 4 rings (SSSR count). The highest BCUT2D eigenvalue weighted by Crippen LogP contribution is 2.29. The van der Waals surface area contributed by atoms with Crippen LogP contribution in [-0.2, 0) is 6.42 Å². The third-order valence-electron chi connectivity index (χ3n) is 4.43. The molecule has 4 aromatic rings. The summed E-state index contributed by atoms with van der Waals surface area (Å²) in [7, 11) is 0. The summed E-state index contributed by atoms with van der Waals surface area (Å²) in [6.45, 7) is 1.91. The van der Waals surface area contributed by atoms with Crippen molar-refractivity contribution in [1.29, 1.82) is 0 Å². The average molecular weight is 360 g/mol. The van der Waals surface area contributed by atoms with Crippen molar-refractivity contribution < 1.29 is 14.3 Å². The Morgan fingerprint density at radius 3 is 2.59 bits per heavy atom. The van der Waals surface area contributed by atoms with E-state index in [1.165, 1.54) is 6.07 Å². The second-order valence-corrected chi connectivity index (χ2v) is 6.14. The number of carboxylic acids is 1. The summed E-state index contributed by atoms with van der Waals surface area (Å²) in [5.74, 6) is -0.719. The number of nitrogens with one attached hydrogen (secondary N) is 1. The minimum atomic E-state index is -1.24. The van der Waals surface area contributed by atoms with Crippen molar-refractivity contribution >= 4 is 17.1 Å². The zero-order chi connectivity index (χ0) is 19.0. The van der Waals surface area contributed by atoms with Gasteiger partial charge < -0.3 is 14.5 Å². The Labute approximate surface area is 154 Å². The van der Waals surface area contributed by atoms with Crippen molar-refractivity contribution in [3.8, 4) is 22.7 Å². The van der Waals surface area contributed by atoms with Gasteiger partial charge in [0.25, 0.3) is 5.56 Å². The lowest BCUT2D eigenvalue weighted by Gasteiger charge is -2.09. The Morgan fingerprint density at radius 1 is 1.11 bits per heavy atom. The fourth-order valence-electron chi connectivity index (χ4n) is 3.05. The van der Waals surface area contributed by atoms with E-state index in [4.69, 9.17) is 9.52 Å². The summed E-state index contributed by atoms with van der Waals surface area (Å²) in [6, 6.07) is 16.5. The fraction of sp³-hybridized carbons (Fsp3) is 0.0952. The van der Waals surface area contributed by atoms with Crippen molar-refractivity contribution in [3.63, 3.8) is 0 Å². The van der Waals surface area contributed by atoms with Crippen LogP contribution in [0, 0.1) is 0 Å². The van der Waals surface area contributed by atoms with Crippen LogP contribution in [0.15, 0.2) is 63.8 Å². The van der Waals surface area contributed by atoms with Crippen molar-refractivity contribution in [1.82, 2.24) is 9.97 Å². The molecule has 0 spiro atoms. The molecule has 0 aliphatic rings. The van der Waals surface area contributed by atoms with Gasteiger partial charge >= 0.3 is 5.97 Å². The smallest absolute Gasteiger partial charge is 0.341 e. The minimum absolute atomic E-state index is 0.261. The standard InChI is InChI=1S/C21H16N2O4/c1-2-12-10-15(21(25)26)19(24)23-18(12)14-8-9-16-17(11-14)27-20(22-16)13-6-4-3-5-7-13/h3-11H,2H2,1H3,(H,23,24)(H,25,26). The maximum Gasteiger partial charge on any atom is 0.341 e. The molecular formula is C21H16N2O4. The van der Waals surface area contributed by atoms with Crippen LogP contribution in [0.1, 0.15) is 22.8 Å². The van der Waals surface area contributed by atoms with Gasteiger partial charge in [0.15, 0.2) is 5.58 Å². The molecule has 2 aromatic carbocycles. The number of fused-ring (bicyclic) bond motifs is 1. The summed E-state index contributed by atoms with van der Waals surface area (Å²) >= 11 is 0. The van der Waals surface area contributed by atoms with E-state index in [-0.39, 0.29) is 5.56 Å². The van der Waals surface area contributed by atoms with Gasteiger partial charge in [0.2, 0.25) is 5.89 Å². The monoisotopic (exact) mass is 360 g/mol. The van der Waals surface area contributed by atoms with Gasteiger partial charge in [-0.1, -0.05) is 31.2 Å². The molecule has 0 unspecified atom stereocenters. The number of benzene rings is 2. The van der Waals surface area contributed by atoms with Gasteiger partial charge in [-0.2, -0.15) is 0 Å². The van der Waals surface area contributed by atoms with Crippen LogP contribution in [0.5, 0.6) is 0 Å². The van der Waals surface area contributed by atoms with Gasteiger partial charge in [-0.05, 0) is 42.3 Å². The third kappa shape index (κ3) is 3.01. The SMILES string of the molecule is CCc1cc(C(=O)O)c(=O)[nH]c1-c1ccc2nc(-c3ccccc3)oc2c1. The molecule has 0 amide bonds. The van der Waals surface area contributed by atoms with Crippen LogP contribution in [0.25, 0.3) is 33.8 Å². The van der Waals surface area contributed by atoms with Crippen molar-refractivity contribution in [2.75, 3.05) is 0 Å². The molecule has 0 fully saturated rings. The van der Waals surface area contributed by atoms with Gasteiger partial charge in [-0.15, -0.1) is 0 Å². The average Bonchev–Trinajstić information content (AvgIpc) is 3.11. The number of H-pyrrole nitrogens is 1. The quantitative estimate of drug-likeness (QED) is 0.571. The first-order valence-corrected chi connectivity index (χ1v) is 8.52. The summed E-state index contributed by atoms with van der Waals surface area (Å²) in [5.41, 5.74) is 3.37. The number of carbonyl (C=O) groups is 1. The highest BCUT2D eigenvalue weighted by molar-refractivity contribution is 5.88. The Bertz CT molecular complexity index is 1210. The number of hydrogen-bond acceptors (Lipinski definition) is 4. The third-order valence-corrected chi connectivity index (χ3v) is 4.43. The van der Waals surface area contributed by atoms with Gasteiger partial charge in [0.05, 0.1) is 5.69 Å². The number of aromatic nitrogens is 2. The largest absolute Gasteiger partial charge is 0.477 e. The summed E-state index contributed by atoms with van der Waals surface area (Å²) in [6.07, 6.45) is 0.579. The predicted molar refractivity (Wildman–Crippen MR) is 102 cm³/mol. The molecule has 6 nitrogen and oxygen atoms in total. The van der Waals surface area contributed by atoms with Crippen LogP contribution in [0.3, 0.4) is 0 Å². The van der Waals surface area contributed by atoms with E-state index in [1.54, 1.807) is 6.07 Å². The molecule has 134 valence electrons. The molecule has 2 N–H and O–H groups in total. The van der Waals surface area contributed by atoms with Crippen LogP contribution < -0.4 is 5.56 Å². The van der Waals surface area contributed by atoms with Gasteiger partial charge in [0, 0.05) is 11.1 Å². The number of hydrogen-bond donors (Lipinski definition) is 2. The number of aromatic amines is 1. The molecule has 0 atom stereocenters. The summed E-state index contributed by atoms with van der Waals surface area (Å²) in [4.78, 5) is 30.5. The van der Waals surface area contributed by atoms with Gasteiger partial charge in [0.1, 0.15) is 11.1 Å². The van der Waals surface area contributed by atoms with E-state index >= 15 is 0 Å². The van der Waals surface area contributed by atoms with Crippen LogP contribution in [-0.4, -0.2) is 21.0 Å². The molecule has 0 aliphatic carbocycles. The van der Waals surface area contributed by atoms with Crippen molar-refractivity contribution in [2.45, 2.75) is 13.3 Å². The van der Waals surface area contributed by atoms with E-state index in [0.29, 0.717) is 29.1 Å². The van der Waals surface area contributed by atoms with Crippen LogP contribution in [0.2, 0.25) is 0 Å². The number of rotatable bonds is 4. The number of oxazole rings is 1. The molecule has 0 aliphatic heterocycles. The number of nitrogens with zero attached hydrogens (tertiary/aromatic N) is 1. The first-order chi connectivity index (χ1) is 13.1. The van der Waals surface area contributed by atoms with Crippen LogP contribution >= 0.6 is 0 Å². The Balaban J connectivity index is 1.84. The number of pyridine rings is 1. The first-order valence-electron chi connectivity index (χ1n) is 8.52. The predicted octanol–water partition coefficient (Wildman–Crippen LogP) is 4.11. The number of aryl methyl sites for hydroxylation is 1. The molecule has 27 heavy (non-hydrogen) atoms. The normalized spacial score (nSPS) is 11.0. The number of aromatic carboxylic acids is 1. The molecule has 0 bridgehead atoms. The van der Waals surface area contributed by atoms with Crippen molar-refractivity contribution in [3.05, 3.63) is 76.1 Å². The minimum Gasteiger partial charge on any atom is -0.477 e. The Morgan fingerprint density at radius 2 is 1.89 bits per heavy atom. The van der Waals surface area contributed by atoms with E-state index in [1.807, 2.05) is 49.4 Å². The lowest BCUT2D eigenvalue weighted by atomic mass is 10.0. The summed E-state index contributed by atoms with van der Waals surface area (Å²) < 4.78 is 5.88. The fourth-order valence-corrected chi connectivity index (χ4v) is 3.05. The highest BCUT2D eigenvalue weighted by atomic mass is 16.4. The highest BCUT2D eigenvalue weighted by Gasteiger charge is 2.15. The van der Waals surface area contributed by atoms with E-state index in [9.17, 15) is 9.59 Å². The zero-order valence-electron chi connectivity index (χ0n) is 14.5. The van der Waals surface area contributed by atoms with Gasteiger partial charge in [-0.25, -0.2) is 9.78 Å². The van der Waals surface area contributed by atoms with E-state index in [2.05, 4.69) is 9.97 Å². The van der Waals surface area contributed by atoms with E-state index < -0.39 is 11.5 Å². The van der Waals surface area contributed by atoms with Crippen LogP contribution in [0.4, 0.5) is 0 Å². The second-order valence-electron chi connectivity index (χ2n) is 6.14. The molecule has 0 saturated carbocycles. The Hall–Kier alpha value is -3.67. The van der Waals surface area contributed by atoms with E-state index in [0.717, 1.165) is 16.7 Å². The van der Waals surface area contributed by atoms with Gasteiger partial charge in [-0.3, -0.25) is 4.79 Å². The molecule has 2 heterocycles. The molecule has 0 saturated heterocycles. The lowest BCUT2D eigenvalue weighted by Crippen LogP contribution is -2.19. The number of carboxylic acid groups (broad SMARTS) is 1. The molecule has 0 radical (unpaired) electrons. The maximum absolute atomic E-state index is 12.1. The summed E-state index contributed by atoms with van der Waals surface area (Å²) in [5, 5.41) is 9.16. The zero-order valence-corrected chi connectivity index (χ0v) is 14.5. The van der Waals surface area contributed by atoms with Crippen molar-refractivity contribution in [2.24, 2.45) is 0 Å². The topological polar surface area (TPSA) is 96.2 Å². The Kier molecular flexibility index (Phi) is 4.08. The lowest BCUT2D eigenvalue weighted by molar-refractivity contribution is 0.0695. The molecule has 2 aromatic heterocycles. The maximum atomic E-state index is 12.1. The molecule has 6 heteroatoms. The molecular weight excluding hydrogens is 344 g/mol.